The molecule has 5 nitrogen and oxygen atoms in total. The Kier molecular flexibility index (Phi) is 4.12. The lowest BCUT2D eigenvalue weighted by atomic mass is 9.44. The molecule has 0 amide bonds. The highest BCUT2D eigenvalue weighted by atomic mass is 32.2. The van der Waals surface area contributed by atoms with Crippen LogP contribution in [0.5, 0.6) is 0 Å². The largest absolute Gasteiger partial charge is 0.462 e. The number of carbonyl (C=O) groups is 1. The Morgan fingerprint density at radius 2 is 1.65 bits per heavy atom. The highest BCUT2D eigenvalue weighted by molar-refractivity contribution is 7.85. The molecule has 0 aliphatic heterocycles. The molecule has 23 heavy (non-hydrogen) atoms. The molecule has 4 saturated carbocycles. The zero-order valence-corrected chi connectivity index (χ0v) is 14.8. The minimum atomic E-state index is -3.42. The molecule has 4 bridgehead atoms. The van der Waals surface area contributed by atoms with Gasteiger partial charge < -0.3 is 4.74 Å². The van der Waals surface area contributed by atoms with E-state index in [1.165, 1.54) is 6.42 Å². The first-order valence-corrected chi connectivity index (χ1v) is 10.1. The second-order valence-electron chi connectivity index (χ2n) is 8.28. The summed E-state index contributed by atoms with van der Waals surface area (Å²) in [6.07, 6.45) is 7.45. The molecule has 0 aromatic rings. The SMILES string of the molecule is C=C(C)C(=O)OCC12CC3CC(C1)CC(COS(C)(=O)=O)(C3)C2. The fourth-order valence-corrected chi connectivity index (χ4v) is 6.03. The Morgan fingerprint density at radius 1 is 1.13 bits per heavy atom. The van der Waals surface area contributed by atoms with E-state index in [1.807, 2.05) is 0 Å². The topological polar surface area (TPSA) is 69.7 Å². The molecule has 0 radical (unpaired) electrons. The zero-order chi connectivity index (χ0) is 16.9. The Hall–Kier alpha value is -0.880. The second kappa shape index (κ2) is 5.59. The minimum Gasteiger partial charge on any atom is -0.462 e. The van der Waals surface area contributed by atoms with Crippen molar-refractivity contribution in [1.82, 2.24) is 0 Å². The third kappa shape index (κ3) is 3.63. The van der Waals surface area contributed by atoms with Crippen molar-refractivity contribution in [2.45, 2.75) is 45.4 Å². The normalized spacial score (nSPS) is 38.5. The fourth-order valence-electron chi connectivity index (χ4n) is 5.56. The zero-order valence-electron chi connectivity index (χ0n) is 14.0. The molecule has 4 aliphatic carbocycles. The molecular formula is C17H26O5S. The molecule has 0 saturated heterocycles. The van der Waals surface area contributed by atoms with Crippen LogP contribution in [-0.2, 0) is 23.8 Å². The Morgan fingerprint density at radius 3 is 2.13 bits per heavy atom. The third-order valence-corrected chi connectivity index (χ3v) is 6.29. The van der Waals surface area contributed by atoms with Crippen LogP contribution in [0.4, 0.5) is 0 Å². The van der Waals surface area contributed by atoms with Gasteiger partial charge in [0, 0.05) is 11.0 Å². The standard InChI is InChI=1S/C17H26O5S/c1-12(2)15(18)21-10-16-5-13-4-14(6-16)8-17(7-13,9-16)11-22-23(3,19)20/h13-14H,1,4-11H2,2-3H3. The maximum Gasteiger partial charge on any atom is 0.333 e. The van der Waals surface area contributed by atoms with E-state index in [4.69, 9.17) is 8.92 Å². The number of esters is 1. The van der Waals surface area contributed by atoms with E-state index in [0.717, 1.165) is 38.4 Å². The van der Waals surface area contributed by atoms with Gasteiger partial charge in [-0.1, -0.05) is 6.58 Å². The summed E-state index contributed by atoms with van der Waals surface area (Å²) in [5, 5.41) is 0. The van der Waals surface area contributed by atoms with Crippen molar-refractivity contribution in [1.29, 1.82) is 0 Å². The maximum atomic E-state index is 11.7. The van der Waals surface area contributed by atoms with E-state index < -0.39 is 10.1 Å². The van der Waals surface area contributed by atoms with Crippen molar-refractivity contribution in [3.8, 4) is 0 Å². The number of hydrogen-bond donors (Lipinski definition) is 0. The highest BCUT2D eigenvalue weighted by Gasteiger charge is 2.58. The third-order valence-electron chi connectivity index (χ3n) is 5.74. The summed E-state index contributed by atoms with van der Waals surface area (Å²) in [5.74, 6) is 0.869. The number of hydrogen-bond acceptors (Lipinski definition) is 5. The van der Waals surface area contributed by atoms with Crippen molar-refractivity contribution in [3.63, 3.8) is 0 Å². The number of rotatable bonds is 6. The van der Waals surface area contributed by atoms with E-state index in [0.29, 0.717) is 24.0 Å². The van der Waals surface area contributed by atoms with Gasteiger partial charge in [-0.2, -0.15) is 8.42 Å². The van der Waals surface area contributed by atoms with E-state index in [-0.39, 0.29) is 23.4 Å². The van der Waals surface area contributed by atoms with Gasteiger partial charge in [-0.25, -0.2) is 4.79 Å². The van der Waals surface area contributed by atoms with Crippen LogP contribution >= 0.6 is 0 Å². The van der Waals surface area contributed by atoms with Gasteiger partial charge >= 0.3 is 5.97 Å². The first kappa shape index (κ1) is 17.0. The van der Waals surface area contributed by atoms with Crippen LogP contribution in [0.2, 0.25) is 0 Å². The molecule has 6 heteroatoms. The van der Waals surface area contributed by atoms with Crippen LogP contribution in [0.15, 0.2) is 12.2 Å². The summed E-state index contributed by atoms with van der Waals surface area (Å²) >= 11 is 0. The second-order valence-corrected chi connectivity index (χ2v) is 9.93. The molecule has 130 valence electrons. The van der Waals surface area contributed by atoms with Crippen LogP contribution < -0.4 is 0 Å². The molecule has 0 spiro atoms. The quantitative estimate of drug-likeness (QED) is 0.422. The molecule has 4 rings (SSSR count). The van der Waals surface area contributed by atoms with Crippen molar-refractivity contribution in [2.24, 2.45) is 22.7 Å². The predicted molar refractivity (Wildman–Crippen MR) is 86.1 cm³/mol. The summed E-state index contributed by atoms with van der Waals surface area (Å²) in [6.45, 7) is 5.98. The monoisotopic (exact) mass is 342 g/mol. The van der Waals surface area contributed by atoms with E-state index >= 15 is 0 Å². The maximum absolute atomic E-state index is 11.7. The van der Waals surface area contributed by atoms with Crippen molar-refractivity contribution < 1.29 is 22.1 Å². The summed E-state index contributed by atoms with van der Waals surface area (Å²) in [5.41, 5.74) is 0.351. The van der Waals surface area contributed by atoms with Gasteiger partial charge in [0.2, 0.25) is 0 Å². The first-order valence-electron chi connectivity index (χ1n) is 8.28. The molecular weight excluding hydrogens is 316 g/mol. The lowest BCUT2D eigenvalue weighted by Gasteiger charge is -2.61. The molecule has 2 unspecified atom stereocenters. The lowest BCUT2D eigenvalue weighted by molar-refractivity contribution is -0.165. The van der Waals surface area contributed by atoms with Gasteiger partial charge in [-0.15, -0.1) is 0 Å². The van der Waals surface area contributed by atoms with Crippen LogP contribution in [0, 0.1) is 22.7 Å². The van der Waals surface area contributed by atoms with Gasteiger partial charge in [-0.3, -0.25) is 4.18 Å². The van der Waals surface area contributed by atoms with Gasteiger partial charge in [-0.05, 0) is 62.7 Å². The minimum absolute atomic E-state index is 0.00391. The molecule has 0 aromatic carbocycles. The molecule has 4 fully saturated rings. The number of ether oxygens (including phenoxy) is 1. The smallest absolute Gasteiger partial charge is 0.333 e. The van der Waals surface area contributed by atoms with Crippen LogP contribution in [0.3, 0.4) is 0 Å². The summed E-state index contributed by atoms with van der Waals surface area (Å²) < 4.78 is 33.4. The van der Waals surface area contributed by atoms with Crippen molar-refractivity contribution in [3.05, 3.63) is 12.2 Å². The van der Waals surface area contributed by atoms with E-state index in [2.05, 4.69) is 6.58 Å². The molecule has 0 aromatic heterocycles. The molecule has 0 N–H and O–H groups in total. The highest BCUT2D eigenvalue weighted by Crippen LogP contribution is 2.65. The first-order chi connectivity index (χ1) is 10.6. The average Bonchev–Trinajstić information content (AvgIpc) is 2.40. The predicted octanol–water partition coefficient (Wildman–Crippen LogP) is 2.67. The van der Waals surface area contributed by atoms with Gasteiger partial charge in [0.1, 0.15) is 0 Å². The van der Waals surface area contributed by atoms with Gasteiger partial charge in [0.15, 0.2) is 0 Å². The Bertz CT molecular complexity index is 607. The Labute approximate surface area is 138 Å². The van der Waals surface area contributed by atoms with Crippen LogP contribution in [0.25, 0.3) is 0 Å². The van der Waals surface area contributed by atoms with Gasteiger partial charge in [0.05, 0.1) is 19.5 Å². The van der Waals surface area contributed by atoms with Crippen molar-refractivity contribution >= 4 is 16.1 Å². The Balaban J connectivity index is 1.73. The van der Waals surface area contributed by atoms with Crippen molar-refractivity contribution in [2.75, 3.05) is 19.5 Å². The van der Waals surface area contributed by atoms with Crippen LogP contribution in [0.1, 0.15) is 45.4 Å². The average molecular weight is 342 g/mol. The summed E-state index contributed by atoms with van der Waals surface area (Å²) in [4.78, 5) is 11.7. The molecule has 4 aliphatic rings. The van der Waals surface area contributed by atoms with Gasteiger partial charge in [0.25, 0.3) is 10.1 Å². The summed E-state index contributed by atoms with van der Waals surface area (Å²) in [7, 11) is -3.42. The molecule has 0 heterocycles. The van der Waals surface area contributed by atoms with E-state index in [1.54, 1.807) is 6.92 Å². The van der Waals surface area contributed by atoms with Crippen LogP contribution in [-0.4, -0.2) is 33.9 Å². The summed E-state index contributed by atoms with van der Waals surface area (Å²) in [6, 6.07) is 0. The molecule has 2 atom stereocenters. The number of carbonyl (C=O) groups excluding carboxylic acids is 1. The lowest BCUT2D eigenvalue weighted by Crippen LogP contribution is -2.55. The fraction of sp³-hybridized carbons (Fsp3) is 0.824. The van der Waals surface area contributed by atoms with E-state index in [9.17, 15) is 13.2 Å².